The van der Waals surface area contributed by atoms with Crippen LogP contribution in [0.25, 0.3) is 10.9 Å². The Hall–Kier alpha value is -2.71. The van der Waals surface area contributed by atoms with Crippen molar-refractivity contribution in [2.24, 2.45) is 0 Å². The summed E-state index contributed by atoms with van der Waals surface area (Å²) in [6.45, 7) is 2.55. The van der Waals surface area contributed by atoms with Gasteiger partial charge in [-0.1, -0.05) is 28.1 Å². The van der Waals surface area contributed by atoms with E-state index in [-0.39, 0.29) is 18.0 Å². The molecule has 7 nitrogen and oxygen atoms in total. The number of rotatable bonds is 8. The molecule has 29 heavy (non-hydrogen) atoms. The maximum atomic E-state index is 13.0. The highest BCUT2D eigenvalue weighted by molar-refractivity contribution is 9.10. The Bertz CT molecular complexity index is 1040. The molecule has 0 fully saturated rings. The van der Waals surface area contributed by atoms with Gasteiger partial charge in [0.05, 0.1) is 24.1 Å². The number of carbonyl (C=O) groups excluding carboxylic acids is 1. The average Bonchev–Trinajstić information content (AvgIpc) is 2.72. The van der Waals surface area contributed by atoms with Crippen LogP contribution in [0.2, 0.25) is 0 Å². The van der Waals surface area contributed by atoms with Crippen LogP contribution in [0.1, 0.15) is 12.7 Å². The number of para-hydroxylation sites is 1. The summed E-state index contributed by atoms with van der Waals surface area (Å²) >= 11 is 3.37. The van der Waals surface area contributed by atoms with Gasteiger partial charge >= 0.3 is 0 Å². The van der Waals surface area contributed by atoms with Crippen molar-refractivity contribution in [2.45, 2.75) is 19.6 Å². The zero-order chi connectivity index (χ0) is 20.8. The van der Waals surface area contributed by atoms with Gasteiger partial charge in [0, 0.05) is 18.1 Å². The third-order valence-corrected chi connectivity index (χ3v) is 4.88. The van der Waals surface area contributed by atoms with E-state index in [9.17, 15) is 9.59 Å². The fourth-order valence-corrected chi connectivity index (χ4v) is 3.15. The highest BCUT2D eigenvalue weighted by Gasteiger charge is 2.23. The van der Waals surface area contributed by atoms with Gasteiger partial charge < -0.3 is 19.4 Å². The summed E-state index contributed by atoms with van der Waals surface area (Å²) in [5.41, 5.74) is 0.355. The second-order valence-electron chi connectivity index (χ2n) is 6.50. The number of hydrogen-bond acceptors (Lipinski definition) is 5. The molecule has 8 heteroatoms. The van der Waals surface area contributed by atoms with E-state index in [2.05, 4.69) is 25.9 Å². The number of halogens is 1. The van der Waals surface area contributed by atoms with Gasteiger partial charge in [0.1, 0.15) is 11.6 Å². The molecule has 0 aliphatic rings. The van der Waals surface area contributed by atoms with Gasteiger partial charge in [-0.05, 0) is 43.3 Å². The van der Waals surface area contributed by atoms with E-state index in [1.54, 1.807) is 49.3 Å². The zero-order valence-electron chi connectivity index (χ0n) is 16.2. The number of carbonyl (C=O) groups is 1. The fraction of sp³-hybridized carbons (Fsp3) is 0.286. The number of benzene rings is 2. The SMILES string of the molecule is COCCN(Cc1nc2ccccc2c(=O)[nH]1)C(=O)[C@H](C)Oc1ccc(Br)cc1. The third kappa shape index (κ3) is 5.42. The van der Waals surface area contributed by atoms with Crippen molar-refractivity contribution in [1.29, 1.82) is 0 Å². The fourth-order valence-electron chi connectivity index (χ4n) is 2.88. The lowest BCUT2D eigenvalue weighted by Crippen LogP contribution is -2.42. The van der Waals surface area contributed by atoms with Gasteiger partial charge in [-0.3, -0.25) is 9.59 Å². The summed E-state index contributed by atoms with van der Waals surface area (Å²) < 4.78 is 11.8. The van der Waals surface area contributed by atoms with Crippen LogP contribution in [0.4, 0.5) is 0 Å². The number of aromatic amines is 1. The lowest BCUT2D eigenvalue weighted by molar-refractivity contribution is -0.139. The lowest BCUT2D eigenvalue weighted by atomic mass is 10.2. The van der Waals surface area contributed by atoms with Crippen LogP contribution in [0.3, 0.4) is 0 Å². The molecule has 0 bridgehead atoms. The van der Waals surface area contributed by atoms with Crippen LogP contribution in [0.15, 0.2) is 57.8 Å². The third-order valence-electron chi connectivity index (χ3n) is 4.35. The number of nitrogens with zero attached hydrogens (tertiary/aromatic N) is 2. The first kappa shape index (κ1) is 21.0. The van der Waals surface area contributed by atoms with Crippen molar-refractivity contribution in [1.82, 2.24) is 14.9 Å². The smallest absolute Gasteiger partial charge is 0.263 e. The minimum absolute atomic E-state index is 0.149. The van der Waals surface area contributed by atoms with E-state index in [1.165, 1.54) is 0 Å². The molecule has 1 N–H and O–H groups in total. The minimum atomic E-state index is -0.708. The first-order valence-electron chi connectivity index (χ1n) is 9.16. The molecule has 0 saturated heterocycles. The number of amides is 1. The quantitative estimate of drug-likeness (QED) is 0.559. The Morgan fingerprint density at radius 3 is 2.66 bits per heavy atom. The molecule has 3 rings (SSSR count). The summed E-state index contributed by atoms with van der Waals surface area (Å²) in [4.78, 5) is 34.1. The van der Waals surface area contributed by atoms with Gasteiger partial charge in [0.2, 0.25) is 0 Å². The Morgan fingerprint density at radius 2 is 1.93 bits per heavy atom. The zero-order valence-corrected chi connectivity index (χ0v) is 17.8. The summed E-state index contributed by atoms with van der Waals surface area (Å²) in [6.07, 6.45) is -0.708. The summed E-state index contributed by atoms with van der Waals surface area (Å²) in [5, 5.41) is 0.512. The molecular weight excluding hydrogens is 438 g/mol. The number of aromatic nitrogens is 2. The maximum Gasteiger partial charge on any atom is 0.263 e. The normalized spacial score (nSPS) is 12.0. The van der Waals surface area contributed by atoms with Crippen molar-refractivity contribution in [3.63, 3.8) is 0 Å². The van der Waals surface area contributed by atoms with Crippen molar-refractivity contribution in [3.8, 4) is 5.75 Å². The Morgan fingerprint density at radius 1 is 1.21 bits per heavy atom. The topological polar surface area (TPSA) is 84.5 Å². The highest BCUT2D eigenvalue weighted by Crippen LogP contribution is 2.18. The average molecular weight is 460 g/mol. The van der Waals surface area contributed by atoms with E-state index in [0.29, 0.717) is 35.6 Å². The Balaban J connectivity index is 1.78. The molecule has 2 aromatic carbocycles. The summed E-state index contributed by atoms with van der Waals surface area (Å²) in [7, 11) is 1.57. The van der Waals surface area contributed by atoms with Crippen LogP contribution in [-0.4, -0.2) is 47.1 Å². The molecule has 0 aliphatic carbocycles. The Kier molecular flexibility index (Phi) is 7.00. The van der Waals surface area contributed by atoms with Crippen LogP contribution < -0.4 is 10.3 Å². The molecule has 1 atom stereocenters. The molecular formula is C21H22BrN3O4. The predicted molar refractivity (Wildman–Crippen MR) is 114 cm³/mol. The molecule has 0 radical (unpaired) electrons. The van der Waals surface area contributed by atoms with Crippen molar-refractivity contribution < 1.29 is 14.3 Å². The maximum absolute atomic E-state index is 13.0. The van der Waals surface area contributed by atoms with Crippen molar-refractivity contribution in [3.05, 3.63) is 69.2 Å². The van der Waals surface area contributed by atoms with E-state index >= 15 is 0 Å². The minimum Gasteiger partial charge on any atom is -0.481 e. The van der Waals surface area contributed by atoms with Gasteiger partial charge in [-0.15, -0.1) is 0 Å². The van der Waals surface area contributed by atoms with Crippen molar-refractivity contribution in [2.75, 3.05) is 20.3 Å². The second kappa shape index (κ2) is 9.67. The van der Waals surface area contributed by atoms with Crippen LogP contribution in [0, 0.1) is 0 Å². The largest absolute Gasteiger partial charge is 0.481 e. The van der Waals surface area contributed by atoms with Gasteiger partial charge in [0.15, 0.2) is 6.10 Å². The molecule has 1 heterocycles. The van der Waals surface area contributed by atoms with Gasteiger partial charge in [0.25, 0.3) is 11.5 Å². The van der Waals surface area contributed by atoms with E-state index in [4.69, 9.17) is 9.47 Å². The molecule has 0 spiro atoms. The van der Waals surface area contributed by atoms with E-state index in [0.717, 1.165) is 4.47 Å². The van der Waals surface area contributed by atoms with Crippen LogP contribution in [0.5, 0.6) is 5.75 Å². The molecule has 1 amide bonds. The molecule has 0 saturated carbocycles. The summed E-state index contributed by atoms with van der Waals surface area (Å²) in [6, 6.07) is 14.4. The first-order chi connectivity index (χ1) is 14.0. The highest BCUT2D eigenvalue weighted by atomic mass is 79.9. The number of methoxy groups -OCH3 is 1. The molecule has 3 aromatic rings. The van der Waals surface area contributed by atoms with E-state index < -0.39 is 6.10 Å². The number of hydrogen-bond donors (Lipinski definition) is 1. The van der Waals surface area contributed by atoms with Crippen LogP contribution in [-0.2, 0) is 16.1 Å². The standard InChI is InChI=1S/C21H22BrN3O4/c1-14(29-16-9-7-15(22)8-10-16)21(27)25(11-12-28-2)13-19-23-18-6-4-3-5-17(18)20(26)24-19/h3-10,14H,11-13H2,1-2H3,(H,23,24,26)/t14-/m0/s1. The van der Waals surface area contributed by atoms with E-state index in [1.807, 2.05) is 18.2 Å². The van der Waals surface area contributed by atoms with Gasteiger partial charge in [-0.25, -0.2) is 4.98 Å². The molecule has 0 aliphatic heterocycles. The lowest BCUT2D eigenvalue weighted by Gasteiger charge is -2.25. The number of H-pyrrole nitrogens is 1. The monoisotopic (exact) mass is 459 g/mol. The summed E-state index contributed by atoms with van der Waals surface area (Å²) in [5.74, 6) is 0.785. The molecule has 1 aromatic heterocycles. The number of ether oxygens (including phenoxy) is 2. The second-order valence-corrected chi connectivity index (χ2v) is 7.41. The van der Waals surface area contributed by atoms with Gasteiger partial charge in [-0.2, -0.15) is 0 Å². The van der Waals surface area contributed by atoms with Crippen molar-refractivity contribution >= 4 is 32.7 Å². The number of fused-ring (bicyclic) bond motifs is 1. The Labute approximate surface area is 176 Å². The first-order valence-corrected chi connectivity index (χ1v) is 9.95. The van der Waals surface area contributed by atoms with Crippen LogP contribution >= 0.6 is 15.9 Å². The number of nitrogens with one attached hydrogen (secondary N) is 1. The molecule has 0 unspecified atom stereocenters. The molecule has 152 valence electrons. The predicted octanol–water partition coefficient (Wildman–Crippen LogP) is 3.13.